The molecule has 1 aromatic rings. The van der Waals surface area contributed by atoms with Crippen LogP contribution in [0.5, 0.6) is 0 Å². The molecule has 1 fully saturated rings. The van der Waals surface area contributed by atoms with E-state index < -0.39 is 10.0 Å². The van der Waals surface area contributed by atoms with Crippen LogP contribution in [0.4, 0.5) is 0 Å². The van der Waals surface area contributed by atoms with Gasteiger partial charge in [-0.3, -0.25) is 0 Å². The minimum absolute atomic E-state index is 0.0128. The largest absolute Gasteiger partial charge is 0.447 e. The highest BCUT2D eigenvalue weighted by atomic mass is 32.2. The van der Waals surface area contributed by atoms with Crippen molar-refractivity contribution < 1.29 is 12.8 Å². The number of rotatable bonds is 6. The molecule has 0 spiro atoms. The molecule has 114 valence electrons. The fourth-order valence-electron chi connectivity index (χ4n) is 1.60. The molecule has 20 heavy (non-hydrogen) atoms. The maximum absolute atomic E-state index is 12.2. The second kappa shape index (κ2) is 5.50. The van der Waals surface area contributed by atoms with E-state index in [-0.39, 0.29) is 16.5 Å². The molecule has 1 aromatic heterocycles. The minimum atomic E-state index is -3.59. The molecule has 1 aliphatic carbocycles. The van der Waals surface area contributed by atoms with Crippen molar-refractivity contribution in [3.63, 3.8) is 0 Å². The van der Waals surface area contributed by atoms with E-state index in [1.54, 1.807) is 6.07 Å². The summed E-state index contributed by atoms with van der Waals surface area (Å²) in [4.78, 5) is 0. The van der Waals surface area contributed by atoms with E-state index in [1.807, 2.05) is 27.7 Å². The second-order valence-corrected chi connectivity index (χ2v) is 8.23. The van der Waals surface area contributed by atoms with Crippen molar-refractivity contribution >= 4 is 10.0 Å². The van der Waals surface area contributed by atoms with Gasteiger partial charge in [0.1, 0.15) is 5.76 Å². The van der Waals surface area contributed by atoms with Gasteiger partial charge < -0.3 is 9.73 Å². The van der Waals surface area contributed by atoms with E-state index in [9.17, 15) is 8.42 Å². The molecule has 1 heterocycles. The van der Waals surface area contributed by atoms with Gasteiger partial charge in [0, 0.05) is 12.1 Å². The number of sulfonamides is 1. The molecule has 0 amide bonds. The van der Waals surface area contributed by atoms with Crippen LogP contribution in [0.3, 0.4) is 0 Å². The van der Waals surface area contributed by atoms with Crippen LogP contribution in [-0.2, 0) is 16.6 Å². The highest BCUT2D eigenvalue weighted by molar-refractivity contribution is 7.89. The van der Waals surface area contributed by atoms with Gasteiger partial charge >= 0.3 is 0 Å². The highest BCUT2D eigenvalue weighted by Crippen LogP contribution is 2.23. The van der Waals surface area contributed by atoms with Crippen LogP contribution in [0, 0.1) is 5.41 Å². The Bertz CT molecular complexity index is 553. The zero-order chi connectivity index (χ0) is 15.0. The van der Waals surface area contributed by atoms with Crippen molar-refractivity contribution in [2.75, 3.05) is 0 Å². The molecular weight excluding hydrogens is 276 g/mol. The standard InChI is InChI=1S/C14H24N2O3S/c1-10(14(2,3)4)16-20(17,18)13-8-7-12(19-13)9-15-11-5-6-11/h7-8,10-11,15-16H,5-6,9H2,1-4H3. The second-order valence-electron chi connectivity index (χ2n) is 6.58. The van der Waals surface area contributed by atoms with Crippen LogP contribution in [0.2, 0.25) is 0 Å². The van der Waals surface area contributed by atoms with Crippen LogP contribution < -0.4 is 10.0 Å². The highest BCUT2D eigenvalue weighted by Gasteiger charge is 2.28. The third-order valence-electron chi connectivity index (χ3n) is 3.68. The Morgan fingerprint density at radius 1 is 1.35 bits per heavy atom. The average molecular weight is 300 g/mol. The third-order valence-corrected chi connectivity index (χ3v) is 5.09. The summed E-state index contributed by atoms with van der Waals surface area (Å²) in [6, 6.07) is 3.62. The maximum Gasteiger partial charge on any atom is 0.274 e. The van der Waals surface area contributed by atoms with Crippen LogP contribution in [0.25, 0.3) is 0 Å². The monoisotopic (exact) mass is 300 g/mol. The lowest BCUT2D eigenvalue weighted by Gasteiger charge is -2.27. The lowest BCUT2D eigenvalue weighted by molar-refractivity contribution is 0.314. The summed E-state index contributed by atoms with van der Waals surface area (Å²) in [5.41, 5.74) is -0.143. The molecule has 0 aliphatic heterocycles. The predicted molar refractivity (Wildman–Crippen MR) is 77.8 cm³/mol. The third kappa shape index (κ3) is 4.07. The van der Waals surface area contributed by atoms with Gasteiger partial charge in [-0.2, -0.15) is 0 Å². The first-order valence-electron chi connectivity index (χ1n) is 7.03. The molecule has 0 saturated heterocycles. The quantitative estimate of drug-likeness (QED) is 0.845. The Morgan fingerprint density at radius 3 is 2.55 bits per heavy atom. The van der Waals surface area contributed by atoms with E-state index in [4.69, 9.17) is 4.42 Å². The Hall–Kier alpha value is -0.850. The van der Waals surface area contributed by atoms with Gasteiger partial charge in [0.2, 0.25) is 5.09 Å². The van der Waals surface area contributed by atoms with Crippen molar-refractivity contribution in [2.45, 2.75) is 64.3 Å². The van der Waals surface area contributed by atoms with E-state index >= 15 is 0 Å². The van der Waals surface area contributed by atoms with Crippen molar-refractivity contribution in [3.8, 4) is 0 Å². The Balaban J connectivity index is 2.01. The van der Waals surface area contributed by atoms with Crippen molar-refractivity contribution in [1.82, 2.24) is 10.0 Å². The molecule has 0 bridgehead atoms. The fourth-order valence-corrected chi connectivity index (χ4v) is 3.00. The first kappa shape index (κ1) is 15.5. The molecular formula is C14H24N2O3S. The molecule has 1 atom stereocenters. The molecule has 0 aromatic carbocycles. The normalized spacial score (nSPS) is 18.2. The summed E-state index contributed by atoms with van der Waals surface area (Å²) < 4.78 is 32.5. The molecule has 1 unspecified atom stereocenters. The lowest BCUT2D eigenvalue weighted by Crippen LogP contribution is -2.41. The summed E-state index contributed by atoms with van der Waals surface area (Å²) >= 11 is 0. The summed E-state index contributed by atoms with van der Waals surface area (Å²) in [6.07, 6.45) is 2.38. The SMILES string of the molecule is CC(NS(=O)(=O)c1ccc(CNC2CC2)o1)C(C)(C)C. The van der Waals surface area contributed by atoms with Crippen LogP contribution in [0.1, 0.15) is 46.3 Å². The number of furan rings is 1. The maximum atomic E-state index is 12.2. The van der Waals surface area contributed by atoms with Crippen molar-refractivity contribution in [1.29, 1.82) is 0 Å². The smallest absolute Gasteiger partial charge is 0.274 e. The Labute approximate surface area is 121 Å². The van der Waals surface area contributed by atoms with Gasteiger partial charge in [-0.15, -0.1) is 0 Å². The van der Waals surface area contributed by atoms with Gasteiger partial charge in [-0.25, -0.2) is 13.1 Å². The number of hydrogen-bond acceptors (Lipinski definition) is 4. The fraction of sp³-hybridized carbons (Fsp3) is 0.714. The number of nitrogens with one attached hydrogen (secondary N) is 2. The van der Waals surface area contributed by atoms with E-state index in [2.05, 4.69) is 10.0 Å². The van der Waals surface area contributed by atoms with Gasteiger partial charge in [0.15, 0.2) is 0 Å². The van der Waals surface area contributed by atoms with Crippen LogP contribution in [-0.4, -0.2) is 20.5 Å². The van der Waals surface area contributed by atoms with Crippen LogP contribution in [0.15, 0.2) is 21.6 Å². The van der Waals surface area contributed by atoms with Crippen LogP contribution >= 0.6 is 0 Å². The van der Waals surface area contributed by atoms with Gasteiger partial charge in [0.25, 0.3) is 10.0 Å². The molecule has 2 N–H and O–H groups in total. The lowest BCUT2D eigenvalue weighted by atomic mass is 9.89. The molecule has 0 radical (unpaired) electrons. The van der Waals surface area contributed by atoms with Gasteiger partial charge in [-0.1, -0.05) is 20.8 Å². The average Bonchev–Trinajstić information content (AvgIpc) is 3.01. The zero-order valence-corrected chi connectivity index (χ0v) is 13.4. The molecule has 5 nitrogen and oxygen atoms in total. The first-order valence-corrected chi connectivity index (χ1v) is 8.51. The van der Waals surface area contributed by atoms with Crippen molar-refractivity contribution in [3.05, 3.63) is 17.9 Å². The zero-order valence-electron chi connectivity index (χ0n) is 12.6. The van der Waals surface area contributed by atoms with E-state index in [0.29, 0.717) is 18.3 Å². The summed E-state index contributed by atoms with van der Waals surface area (Å²) in [5, 5.41) is 3.28. The molecule has 1 saturated carbocycles. The summed E-state index contributed by atoms with van der Waals surface area (Å²) in [5.74, 6) is 0.653. The topological polar surface area (TPSA) is 71.3 Å². The summed E-state index contributed by atoms with van der Waals surface area (Å²) in [7, 11) is -3.59. The van der Waals surface area contributed by atoms with Gasteiger partial charge in [-0.05, 0) is 37.3 Å². The van der Waals surface area contributed by atoms with Gasteiger partial charge in [0.05, 0.1) is 6.54 Å². The summed E-state index contributed by atoms with van der Waals surface area (Å²) in [6.45, 7) is 8.42. The molecule has 2 rings (SSSR count). The van der Waals surface area contributed by atoms with E-state index in [0.717, 1.165) is 0 Å². The molecule has 1 aliphatic rings. The van der Waals surface area contributed by atoms with E-state index in [1.165, 1.54) is 18.9 Å². The van der Waals surface area contributed by atoms with Crippen molar-refractivity contribution in [2.24, 2.45) is 5.41 Å². The predicted octanol–water partition coefficient (Wildman–Crippen LogP) is 2.24. The molecule has 6 heteroatoms. The first-order chi connectivity index (χ1) is 9.18. The Morgan fingerprint density at radius 2 is 2.00 bits per heavy atom. The number of hydrogen-bond donors (Lipinski definition) is 2. The Kier molecular flexibility index (Phi) is 4.27. The minimum Gasteiger partial charge on any atom is -0.447 e.